The molecule has 0 spiro atoms. The van der Waals surface area contributed by atoms with Gasteiger partial charge in [-0.3, -0.25) is 9.59 Å². The summed E-state index contributed by atoms with van der Waals surface area (Å²) in [4.78, 5) is 22.9. The third kappa shape index (κ3) is 1.68. The second-order valence-corrected chi connectivity index (χ2v) is 4.97. The highest BCUT2D eigenvalue weighted by molar-refractivity contribution is 6.04. The quantitative estimate of drug-likeness (QED) is 0.839. The van der Waals surface area contributed by atoms with Gasteiger partial charge in [-0.15, -0.1) is 0 Å². The molecule has 0 saturated carbocycles. The number of aromatic hydroxyl groups is 1. The van der Waals surface area contributed by atoms with E-state index in [4.69, 9.17) is 5.11 Å². The van der Waals surface area contributed by atoms with Crippen molar-refractivity contribution in [3.63, 3.8) is 0 Å². The molecule has 1 aromatic rings. The van der Waals surface area contributed by atoms with Crippen molar-refractivity contribution in [3.8, 4) is 5.75 Å². The van der Waals surface area contributed by atoms with Crippen molar-refractivity contribution < 1.29 is 19.8 Å². The molecule has 4 nitrogen and oxygen atoms in total. The maximum absolute atomic E-state index is 12.1. The van der Waals surface area contributed by atoms with Gasteiger partial charge in [0, 0.05) is 17.0 Å². The predicted molar refractivity (Wildman–Crippen MR) is 66.1 cm³/mol. The molecule has 1 atom stereocenters. The van der Waals surface area contributed by atoms with Gasteiger partial charge in [-0.1, -0.05) is 6.92 Å². The summed E-state index contributed by atoms with van der Waals surface area (Å²) >= 11 is 0. The van der Waals surface area contributed by atoms with Crippen LogP contribution in [0.2, 0.25) is 0 Å². The summed E-state index contributed by atoms with van der Waals surface area (Å²) in [6, 6.07) is 0. The maximum atomic E-state index is 12.1. The van der Waals surface area contributed by atoms with Gasteiger partial charge in [0.05, 0.1) is 6.42 Å². The molecule has 0 aromatic heterocycles. The molecular formula is C14H16O4. The standard InChI is InChI=1S/C14H16O4/c1-6-4-10-12(13(6)17)7(2)9(5-11(15)16)8(3)14(10)18/h6,18H,4-5H2,1-3H3,(H,15,16)/t6-/m1/s1. The van der Waals surface area contributed by atoms with E-state index in [9.17, 15) is 14.7 Å². The van der Waals surface area contributed by atoms with Gasteiger partial charge in [0.1, 0.15) is 5.75 Å². The topological polar surface area (TPSA) is 74.6 Å². The van der Waals surface area contributed by atoms with E-state index >= 15 is 0 Å². The SMILES string of the molecule is Cc1c(O)c2c(c(C)c1CC(=O)O)C(=O)[C@H](C)C2. The van der Waals surface area contributed by atoms with E-state index in [1.807, 2.05) is 6.92 Å². The number of phenols is 1. The molecule has 96 valence electrons. The maximum Gasteiger partial charge on any atom is 0.307 e. The fourth-order valence-electron chi connectivity index (χ4n) is 2.74. The molecule has 4 heteroatoms. The van der Waals surface area contributed by atoms with Crippen LogP contribution in [-0.2, 0) is 17.6 Å². The number of rotatable bonds is 2. The van der Waals surface area contributed by atoms with Crippen LogP contribution in [0.1, 0.15) is 39.5 Å². The van der Waals surface area contributed by atoms with Crippen molar-refractivity contribution in [2.45, 2.75) is 33.6 Å². The van der Waals surface area contributed by atoms with E-state index in [0.29, 0.717) is 34.2 Å². The number of fused-ring (bicyclic) bond motifs is 1. The number of carboxylic acid groups (broad SMARTS) is 1. The van der Waals surface area contributed by atoms with E-state index < -0.39 is 5.97 Å². The minimum Gasteiger partial charge on any atom is -0.507 e. The summed E-state index contributed by atoms with van der Waals surface area (Å²) in [6.45, 7) is 5.29. The van der Waals surface area contributed by atoms with Gasteiger partial charge in [0.15, 0.2) is 5.78 Å². The summed E-state index contributed by atoms with van der Waals surface area (Å²) in [5.74, 6) is -1.00. The van der Waals surface area contributed by atoms with E-state index in [-0.39, 0.29) is 23.9 Å². The van der Waals surface area contributed by atoms with Crippen LogP contribution < -0.4 is 0 Å². The van der Waals surface area contributed by atoms with Crippen molar-refractivity contribution in [3.05, 3.63) is 27.8 Å². The van der Waals surface area contributed by atoms with Gasteiger partial charge in [-0.2, -0.15) is 0 Å². The molecule has 0 saturated heterocycles. The fraction of sp³-hybridized carbons (Fsp3) is 0.429. The van der Waals surface area contributed by atoms with E-state index in [0.717, 1.165) is 0 Å². The number of phenolic OH excluding ortho intramolecular Hbond substituents is 1. The van der Waals surface area contributed by atoms with Crippen molar-refractivity contribution in [2.75, 3.05) is 0 Å². The smallest absolute Gasteiger partial charge is 0.307 e. The average molecular weight is 248 g/mol. The molecule has 18 heavy (non-hydrogen) atoms. The van der Waals surface area contributed by atoms with Crippen LogP contribution in [0.25, 0.3) is 0 Å². The van der Waals surface area contributed by atoms with Crippen LogP contribution in [0.15, 0.2) is 0 Å². The molecule has 0 bridgehead atoms. The Morgan fingerprint density at radius 2 is 1.94 bits per heavy atom. The number of Topliss-reactive ketones (excluding diaryl/α,β-unsaturated/α-hetero) is 1. The molecule has 0 aliphatic heterocycles. The van der Waals surface area contributed by atoms with Crippen LogP contribution in [0.4, 0.5) is 0 Å². The first kappa shape index (κ1) is 12.6. The van der Waals surface area contributed by atoms with Gasteiger partial charge in [-0.05, 0) is 37.0 Å². The molecule has 0 heterocycles. The first-order valence-corrected chi connectivity index (χ1v) is 5.94. The Labute approximate surface area is 105 Å². The van der Waals surface area contributed by atoms with Crippen LogP contribution >= 0.6 is 0 Å². The molecule has 1 aromatic carbocycles. The molecule has 1 aliphatic carbocycles. The first-order valence-electron chi connectivity index (χ1n) is 5.94. The van der Waals surface area contributed by atoms with Gasteiger partial charge in [0.2, 0.25) is 0 Å². The Bertz CT molecular complexity index is 558. The number of hydrogen-bond donors (Lipinski definition) is 2. The number of carboxylic acids is 1. The molecule has 0 amide bonds. The Balaban J connectivity index is 2.70. The summed E-state index contributed by atoms with van der Waals surface area (Å²) in [6.07, 6.45) is 0.370. The Hall–Kier alpha value is -1.84. The molecule has 2 rings (SSSR count). The van der Waals surface area contributed by atoms with Gasteiger partial charge in [-0.25, -0.2) is 0 Å². The third-order valence-electron chi connectivity index (χ3n) is 3.76. The Kier molecular flexibility index (Phi) is 2.89. The average Bonchev–Trinajstić information content (AvgIpc) is 2.59. The van der Waals surface area contributed by atoms with E-state index in [1.54, 1.807) is 13.8 Å². The second-order valence-electron chi connectivity index (χ2n) is 4.97. The van der Waals surface area contributed by atoms with E-state index in [1.165, 1.54) is 0 Å². The predicted octanol–water partition coefficient (Wildman–Crippen LogP) is 2.01. The van der Waals surface area contributed by atoms with Gasteiger partial charge >= 0.3 is 5.97 Å². The Morgan fingerprint density at radius 3 is 2.50 bits per heavy atom. The lowest BCUT2D eigenvalue weighted by molar-refractivity contribution is -0.136. The lowest BCUT2D eigenvalue weighted by atomic mass is 9.91. The summed E-state index contributed by atoms with van der Waals surface area (Å²) in [7, 11) is 0. The largest absolute Gasteiger partial charge is 0.507 e. The van der Waals surface area contributed by atoms with Crippen LogP contribution in [-0.4, -0.2) is 22.0 Å². The summed E-state index contributed by atoms with van der Waals surface area (Å²) in [5.41, 5.74) is 3.05. The Morgan fingerprint density at radius 1 is 1.33 bits per heavy atom. The van der Waals surface area contributed by atoms with E-state index in [2.05, 4.69) is 0 Å². The molecule has 0 fully saturated rings. The highest BCUT2D eigenvalue weighted by Crippen LogP contribution is 2.40. The summed E-state index contributed by atoms with van der Waals surface area (Å²) in [5, 5.41) is 19.0. The van der Waals surface area contributed by atoms with Crippen LogP contribution in [0.5, 0.6) is 5.75 Å². The number of hydrogen-bond acceptors (Lipinski definition) is 3. The van der Waals surface area contributed by atoms with Crippen molar-refractivity contribution in [1.29, 1.82) is 0 Å². The van der Waals surface area contributed by atoms with Crippen molar-refractivity contribution in [1.82, 2.24) is 0 Å². The molecule has 2 N–H and O–H groups in total. The summed E-state index contributed by atoms with van der Waals surface area (Å²) < 4.78 is 0. The zero-order chi connectivity index (χ0) is 13.6. The fourth-order valence-corrected chi connectivity index (χ4v) is 2.74. The highest BCUT2D eigenvalue weighted by atomic mass is 16.4. The third-order valence-corrected chi connectivity index (χ3v) is 3.76. The first-order chi connectivity index (χ1) is 8.34. The number of carbonyl (C=O) groups excluding carboxylic acids is 1. The van der Waals surface area contributed by atoms with Gasteiger partial charge in [0.25, 0.3) is 0 Å². The zero-order valence-corrected chi connectivity index (χ0v) is 10.7. The monoisotopic (exact) mass is 248 g/mol. The zero-order valence-electron chi connectivity index (χ0n) is 10.7. The minimum absolute atomic E-state index is 0.00411. The highest BCUT2D eigenvalue weighted by Gasteiger charge is 2.33. The second kappa shape index (κ2) is 4.12. The van der Waals surface area contributed by atoms with Gasteiger partial charge < -0.3 is 10.2 Å². The number of benzene rings is 1. The molecule has 0 radical (unpaired) electrons. The lowest BCUT2D eigenvalue weighted by Crippen LogP contribution is -2.10. The number of carbonyl (C=O) groups is 2. The molecular weight excluding hydrogens is 232 g/mol. The normalized spacial score (nSPS) is 17.9. The van der Waals surface area contributed by atoms with Crippen LogP contribution in [0, 0.1) is 19.8 Å². The number of ketones is 1. The number of aliphatic carboxylic acids is 1. The van der Waals surface area contributed by atoms with Crippen molar-refractivity contribution in [2.24, 2.45) is 5.92 Å². The lowest BCUT2D eigenvalue weighted by Gasteiger charge is -2.15. The van der Waals surface area contributed by atoms with Crippen LogP contribution in [0.3, 0.4) is 0 Å². The molecule has 0 unspecified atom stereocenters. The van der Waals surface area contributed by atoms with Crippen molar-refractivity contribution >= 4 is 11.8 Å². The molecule has 1 aliphatic rings. The minimum atomic E-state index is -0.959.